The van der Waals surface area contributed by atoms with Crippen LogP contribution in [-0.4, -0.2) is 27.2 Å². The third-order valence-electron chi connectivity index (χ3n) is 9.00. The quantitative estimate of drug-likeness (QED) is 0.153. The summed E-state index contributed by atoms with van der Waals surface area (Å²) < 4.78 is 2.20. The zero-order valence-electron chi connectivity index (χ0n) is 16.3. The summed E-state index contributed by atoms with van der Waals surface area (Å²) >= 11 is 2.84. The Balaban J connectivity index is 1.90. The molecule has 0 aromatic rings. The minimum atomic E-state index is 0.559. The average molecular weight is 432 g/mol. The third kappa shape index (κ3) is 2.25. The highest BCUT2D eigenvalue weighted by Crippen LogP contribution is 2.68. The smallest absolute Gasteiger partial charge is 0.143 e. The number of unbranched alkanes of at least 4 members (excludes halogenated alkanes) is 3. The van der Waals surface area contributed by atoms with Crippen molar-refractivity contribution in [3.8, 4) is 0 Å². The van der Waals surface area contributed by atoms with E-state index in [9.17, 15) is 0 Å². The van der Waals surface area contributed by atoms with Crippen LogP contribution in [0.3, 0.4) is 0 Å². The molecule has 0 aromatic carbocycles. The van der Waals surface area contributed by atoms with Crippen LogP contribution in [0.1, 0.15) is 79.6 Å². The van der Waals surface area contributed by atoms with E-state index in [0.29, 0.717) is 5.54 Å². The van der Waals surface area contributed by atoms with Crippen molar-refractivity contribution in [3.63, 3.8) is 0 Å². The SMILES string of the molecule is CCCCCCC(C)[C@@]12CCC(C3C(C)[N+]1(C)C(I)[C@@H]3C)C2C. The Morgan fingerprint density at radius 1 is 1.17 bits per heavy atom. The van der Waals surface area contributed by atoms with Gasteiger partial charge in [-0.1, -0.05) is 53.4 Å². The van der Waals surface area contributed by atoms with E-state index in [1.807, 2.05) is 0 Å². The minimum absolute atomic E-state index is 0.559. The molecule has 0 radical (unpaired) electrons. The molecule has 0 N–H and O–H groups in total. The molecule has 4 bridgehead atoms. The zero-order chi connectivity index (χ0) is 17.0. The predicted molar refractivity (Wildman–Crippen MR) is 109 cm³/mol. The second-order valence-corrected chi connectivity index (χ2v) is 10.7. The van der Waals surface area contributed by atoms with Gasteiger partial charge in [0.05, 0.1) is 13.1 Å². The number of hydrogen-bond acceptors (Lipinski definition) is 0. The Bertz CT molecular complexity index is 438. The van der Waals surface area contributed by atoms with Crippen molar-refractivity contribution in [2.75, 3.05) is 7.05 Å². The Hall–Kier alpha value is 0.690. The van der Waals surface area contributed by atoms with Crippen LogP contribution in [0.5, 0.6) is 0 Å². The first-order valence-electron chi connectivity index (χ1n) is 10.3. The van der Waals surface area contributed by atoms with Crippen LogP contribution in [0.2, 0.25) is 0 Å². The van der Waals surface area contributed by atoms with Crippen molar-refractivity contribution in [2.45, 2.75) is 95.2 Å². The molecule has 3 fully saturated rings. The Morgan fingerprint density at radius 3 is 2.52 bits per heavy atom. The molecule has 0 spiro atoms. The van der Waals surface area contributed by atoms with Crippen molar-refractivity contribution in [1.29, 1.82) is 0 Å². The normalized spacial score (nSPS) is 52.8. The number of quaternary nitrogens is 1. The van der Waals surface area contributed by atoms with Crippen LogP contribution in [0.15, 0.2) is 0 Å². The highest BCUT2D eigenvalue weighted by atomic mass is 127. The summed E-state index contributed by atoms with van der Waals surface area (Å²) in [6.07, 6.45) is 10.1. The van der Waals surface area contributed by atoms with Gasteiger partial charge in [0, 0.05) is 30.1 Å². The second kappa shape index (κ2) is 6.45. The maximum absolute atomic E-state index is 2.84. The number of nitrogens with zero attached hydrogens (tertiary/aromatic N) is 1. The molecule has 0 amide bonds. The van der Waals surface area contributed by atoms with Crippen LogP contribution >= 0.6 is 22.6 Å². The molecule has 2 heteroatoms. The highest BCUT2D eigenvalue weighted by molar-refractivity contribution is 14.1. The summed E-state index contributed by atoms with van der Waals surface area (Å²) in [5, 5.41) is 0. The monoisotopic (exact) mass is 432 g/mol. The largest absolute Gasteiger partial charge is 0.308 e. The van der Waals surface area contributed by atoms with E-state index >= 15 is 0 Å². The van der Waals surface area contributed by atoms with Crippen molar-refractivity contribution < 1.29 is 4.48 Å². The zero-order valence-corrected chi connectivity index (χ0v) is 18.5. The summed E-state index contributed by atoms with van der Waals surface area (Å²) in [5.74, 6) is 4.69. The highest BCUT2D eigenvalue weighted by Gasteiger charge is 2.75. The number of rotatable bonds is 6. The van der Waals surface area contributed by atoms with Gasteiger partial charge in [0.1, 0.15) is 9.59 Å². The molecule has 2 saturated heterocycles. The number of piperidine rings is 1. The van der Waals surface area contributed by atoms with Gasteiger partial charge in [-0.05, 0) is 48.3 Å². The Labute approximate surface area is 158 Å². The maximum atomic E-state index is 2.84. The van der Waals surface area contributed by atoms with Gasteiger partial charge in [-0.15, -0.1) is 0 Å². The van der Waals surface area contributed by atoms with Crippen molar-refractivity contribution in [1.82, 2.24) is 0 Å². The second-order valence-electron chi connectivity index (χ2n) is 9.43. The van der Waals surface area contributed by atoms with E-state index in [2.05, 4.69) is 64.3 Å². The number of fused-ring (bicyclic) bond motifs is 6. The molecule has 134 valence electrons. The van der Waals surface area contributed by atoms with Crippen molar-refractivity contribution in [3.05, 3.63) is 0 Å². The molecule has 2 aliphatic heterocycles. The summed E-state index contributed by atoms with van der Waals surface area (Å²) in [6, 6.07) is 0.869. The van der Waals surface area contributed by atoms with Crippen LogP contribution in [0, 0.1) is 29.6 Å². The lowest BCUT2D eigenvalue weighted by Gasteiger charge is -2.60. The molecule has 1 aliphatic carbocycles. The fourth-order valence-corrected chi connectivity index (χ4v) is 9.30. The molecule has 9 atom stereocenters. The van der Waals surface area contributed by atoms with E-state index in [0.717, 1.165) is 39.7 Å². The van der Waals surface area contributed by atoms with Gasteiger partial charge in [0.2, 0.25) is 0 Å². The van der Waals surface area contributed by atoms with Crippen LogP contribution in [0.4, 0.5) is 0 Å². The number of hydrogen-bond donors (Lipinski definition) is 0. The van der Waals surface area contributed by atoms with Gasteiger partial charge in [0.25, 0.3) is 0 Å². The van der Waals surface area contributed by atoms with Crippen molar-refractivity contribution in [2.24, 2.45) is 29.6 Å². The van der Waals surface area contributed by atoms with Gasteiger partial charge in [-0.3, -0.25) is 0 Å². The lowest BCUT2D eigenvalue weighted by atomic mass is 9.64. The van der Waals surface area contributed by atoms with E-state index in [1.165, 1.54) is 49.4 Å². The lowest BCUT2D eigenvalue weighted by Crippen LogP contribution is -2.72. The molecule has 23 heavy (non-hydrogen) atoms. The lowest BCUT2D eigenvalue weighted by molar-refractivity contribution is -0.987. The summed E-state index contributed by atoms with van der Waals surface area (Å²) in [5.41, 5.74) is 0.559. The first kappa shape index (κ1) is 18.5. The average Bonchev–Trinajstić information content (AvgIpc) is 2.89. The molecule has 0 aromatic heterocycles. The molecular formula is C21H39IN+. The molecular weight excluding hydrogens is 393 g/mol. The standard InChI is InChI=1S/C21H39IN/c1-7-8-9-10-11-14(2)21-13-12-18(16(21)4)19-15(3)20(22)23(21,6)17(19)5/h14-20H,7-13H2,1-6H3/q+1/t14?,15-,16?,17?,18?,19?,20?,21-,23?/m1/s1. The molecule has 1 saturated carbocycles. The molecule has 1 nitrogen and oxygen atoms in total. The maximum Gasteiger partial charge on any atom is 0.143 e. The molecule has 3 aliphatic rings. The van der Waals surface area contributed by atoms with Crippen LogP contribution in [0.25, 0.3) is 0 Å². The van der Waals surface area contributed by atoms with Gasteiger partial charge in [0.15, 0.2) is 0 Å². The van der Waals surface area contributed by atoms with E-state index in [4.69, 9.17) is 0 Å². The summed E-state index contributed by atoms with van der Waals surface area (Å²) in [7, 11) is 2.65. The van der Waals surface area contributed by atoms with E-state index in [1.54, 1.807) is 0 Å². The van der Waals surface area contributed by atoms with Gasteiger partial charge < -0.3 is 4.48 Å². The number of alkyl halides is 1. The van der Waals surface area contributed by atoms with Crippen molar-refractivity contribution >= 4 is 22.6 Å². The fraction of sp³-hybridized carbons (Fsp3) is 1.00. The number of halogens is 1. The first-order valence-corrected chi connectivity index (χ1v) is 11.6. The predicted octanol–water partition coefficient (Wildman–Crippen LogP) is 6.25. The van der Waals surface area contributed by atoms with Gasteiger partial charge in [-0.2, -0.15) is 0 Å². The topological polar surface area (TPSA) is 0 Å². The molecule has 7 unspecified atom stereocenters. The van der Waals surface area contributed by atoms with Gasteiger partial charge in [-0.25, -0.2) is 0 Å². The Morgan fingerprint density at radius 2 is 1.87 bits per heavy atom. The summed E-state index contributed by atoms with van der Waals surface area (Å²) in [6.45, 7) is 12.7. The van der Waals surface area contributed by atoms with E-state index in [-0.39, 0.29) is 0 Å². The summed E-state index contributed by atoms with van der Waals surface area (Å²) in [4.78, 5) is 0. The van der Waals surface area contributed by atoms with Crippen LogP contribution < -0.4 is 0 Å². The Kier molecular flexibility index (Phi) is 5.18. The molecule has 3 rings (SSSR count). The van der Waals surface area contributed by atoms with E-state index < -0.39 is 0 Å². The third-order valence-corrected chi connectivity index (χ3v) is 11.3. The molecule has 2 heterocycles. The first-order chi connectivity index (χ1) is 10.8. The fourth-order valence-electron chi connectivity index (χ4n) is 7.80. The minimum Gasteiger partial charge on any atom is -0.308 e. The van der Waals surface area contributed by atoms with Crippen LogP contribution in [-0.2, 0) is 0 Å². The van der Waals surface area contributed by atoms with Gasteiger partial charge >= 0.3 is 0 Å².